The fourth-order valence-electron chi connectivity index (χ4n) is 2.68. The van der Waals surface area contributed by atoms with Crippen LogP contribution in [-0.4, -0.2) is 58.7 Å². The van der Waals surface area contributed by atoms with Crippen LogP contribution in [0, 0.1) is 5.92 Å². The molecule has 1 amide bonds. The number of anilines is 1. The monoisotopic (exact) mass is 310 g/mol. The van der Waals surface area contributed by atoms with Crippen molar-refractivity contribution in [2.75, 3.05) is 42.6 Å². The minimum absolute atomic E-state index is 0.173. The Morgan fingerprint density at radius 1 is 1.15 bits per heavy atom. The summed E-state index contributed by atoms with van der Waals surface area (Å²) in [7, 11) is 0. The summed E-state index contributed by atoms with van der Waals surface area (Å²) in [5.74, 6) is 3.36. The molecule has 1 saturated carbocycles. The Labute approximate surface area is 126 Å². The van der Waals surface area contributed by atoms with Crippen LogP contribution >= 0.6 is 23.1 Å². The molecule has 0 aromatic carbocycles. The van der Waals surface area contributed by atoms with Gasteiger partial charge in [0.1, 0.15) is 5.01 Å². The molecule has 2 saturated heterocycles. The highest BCUT2D eigenvalue weighted by atomic mass is 32.2. The second-order valence-corrected chi connectivity index (χ2v) is 7.95. The van der Waals surface area contributed by atoms with E-state index in [0.29, 0.717) is 11.8 Å². The molecule has 0 unspecified atom stereocenters. The van der Waals surface area contributed by atoms with Gasteiger partial charge in [-0.3, -0.25) is 4.79 Å². The smallest absolute Gasteiger partial charge is 0.229 e. The van der Waals surface area contributed by atoms with E-state index in [4.69, 9.17) is 0 Å². The van der Waals surface area contributed by atoms with Gasteiger partial charge >= 0.3 is 0 Å². The summed E-state index contributed by atoms with van der Waals surface area (Å²) < 4.78 is 0. The topological polar surface area (TPSA) is 49.3 Å². The van der Waals surface area contributed by atoms with E-state index in [0.717, 1.165) is 42.8 Å². The van der Waals surface area contributed by atoms with Gasteiger partial charge in [-0.05, 0) is 12.8 Å². The zero-order valence-electron chi connectivity index (χ0n) is 11.3. The Morgan fingerprint density at radius 2 is 1.90 bits per heavy atom. The van der Waals surface area contributed by atoms with Gasteiger partial charge in [0.05, 0.1) is 5.92 Å². The van der Waals surface area contributed by atoms with Gasteiger partial charge in [0.2, 0.25) is 11.0 Å². The number of aromatic nitrogens is 2. The zero-order chi connectivity index (χ0) is 13.5. The van der Waals surface area contributed by atoms with Gasteiger partial charge in [-0.15, -0.1) is 10.2 Å². The van der Waals surface area contributed by atoms with E-state index >= 15 is 0 Å². The average molecular weight is 310 g/mol. The molecule has 0 bridgehead atoms. The fraction of sp³-hybridized carbons (Fsp3) is 0.769. The molecule has 3 aliphatic rings. The lowest BCUT2D eigenvalue weighted by molar-refractivity contribution is -0.135. The minimum atomic E-state index is 0.173. The normalized spacial score (nSPS) is 23.8. The molecule has 0 atom stereocenters. The first-order chi connectivity index (χ1) is 9.81. The van der Waals surface area contributed by atoms with Crippen molar-refractivity contribution in [3.63, 3.8) is 0 Å². The molecular formula is C13H18N4OS2. The van der Waals surface area contributed by atoms with Crippen LogP contribution in [0.1, 0.15) is 23.8 Å². The van der Waals surface area contributed by atoms with Crippen LogP contribution in [0.4, 0.5) is 5.13 Å². The molecule has 0 spiro atoms. The molecule has 2 aliphatic heterocycles. The van der Waals surface area contributed by atoms with Crippen LogP contribution in [0.2, 0.25) is 0 Å². The molecule has 4 rings (SSSR count). The van der Waals surface area contributed by atoms with Crippen molar-refractivity contribution in [3.05, 3.63) is 5.01 Å². The van der Waals surface area contributed by atoms with Crippen molar-refractivity contribution in [1.29, 1.82) is 0 Å². The lowest BCUT2D eigenvalue weighted by Crippen LogP contribution is -2.55. The summed E-state index contributed by atoms with van der Waals surface area (Å²) in [5.41, 5.74) is 0. The number of hydrogen-bond donors (Lipinski definition) is 0. The van der Waals surface area contributed by atoms with Gasteiger partial charge in [-0.1, -0.05) is 11.3 Å². The Kier molecular flexibility index (Phi) is 3.34. The maximum Gasteiger partial charge on any atom is 0.229 e. The summed E-state index contributed by atoms with van der Waals surface area (Å²) in [5, 5.41) is 10.7. The highest BCUT2D eigenvalue weighted by Crippen LogP contribution is 2.43. The van der Waals surface area contributed by atoms with Crippen LogP contribution in [0.3, 0.4) is 0 Å². The Hall–Kier alpha value is -0.820. The quantitative estimate of drug-likeness (QED) is 0.845. The van der Waals surface area contributed by atoms with Gasteiger partial charge in [-0.2, -0.15) is 11.8 Å². The van der Waals surface area contributed by atoms with Crippen molar-refractivity contribution in [2.24, 2.45) is 5.92 Å². The molecular weight excluding hydrogens is 292 g/mol. The van der Waals surface area contributed by atoms with Crippen molar-refractivity contribution >= 4 is 34.1 Å². The second-order valence-electron chi connectivity index (χ2n) is 5.74. The summed E-state index contributed by atoms with van der Waals surface area (Å²) in [6.45, 7) is 3.48. The standard InChI is InChI=1S/C13H18N4OS2/c18-12(16-3-5-19-6-4-16)10-7-17(8-10)13-15-14-11(20-13)9-1-2-9/h9-10H,1-8H2. The lowest BCUT2D eigenvalue weighted by atomic mass is 9.99. The number of rotatable bonds is 3. The average Bonchev–Trinajstić information content (AvgIpc) is 3.18. The van der Waals surface area contributed by atoms with Crippen molar-refractivity contribution in [2.45, 2.75) is 18.8 Å². The number of hydrogen-bond acceptors (Lipinski definition) is 6. The zero-order valence-corrected chi connectivity index (χ0v) is 13.0. The highest BCUT2D eigenvalue weighted by Gasteiger charge is 2.38. The third kappa shape index (κ3) is 2.41. The maximum absolute atomic E-state index is 12.3. The predicted octanol–water partition coefficient (Wildman–Crippen LogP) is 1.43. The van der Waals surface area contributed by atoms with E-state index in [9.17, 15) is 4.79 Å². The lowest BCUT2D eigenvalue weighted by Gasteiger charge is -2.41. The Morgan fingerprint density at radius 3 is 2.60 bits per heavy atom. The number of nitrogens with zero attached hydrogens (tertiary/aromatic N) is 4. The van der Waals surface area contributed by atoms with E-state index in [1.807, 2.05) is 16.7 Å². The summed E-state index contributed by atoms with van der Waals surface area (Å²) in [6.07, 6.45) is 2.53. The minimum Gasteiger partial charge on any atom is -0.345 e. The van der Waals surface area contributed by atoms with E-state index in [1.165, 1.54) is 17.8 Å². The van der Waals surface area contributed by atoms with E-state index in [1.54, 1.807) is 11.3 Å². The molecule has 1 aromatic rings. The SMILES string of the molecule is O=C(C1CN(c2nnc(C3CC3)s2)C1)N1CCSCC1. The van der Waals surface area contributed by atoms with Crippen LogP contribution in [0.5, 0.6) is 0 Å². The number of thioether (sulfide) groups is 1. The summed E-state index contributed by atoms with van der Waals surface area (Å²) in [4.78, 5) is 16.6. The van der Waals surface area contributed by atoms with Crippen LogP contribution in [0.25, 0.3) is 0 Å². The van der Waals surface area contributed by atoms with Gasteiger partial charge in [0.15, 0.2) is 0 Å². The molecule has 1 aromatic heterocycles. The Balaban J connectivity index is 1.32. The van der Waals surface area contributed by atoms with Crippen molar-refractivity contribution in [1.82, 2.24) is 15.1 Å². The third-order valence-electron chi connectivity index (χ3n) is 4.18. The predicted molar refractivity (Wildman–Crippen MR) is 81.5 cm³/mol. The maximum atomic E-state index is 12.3. The Bertz CT molecular complexity index is 504. The molecule has 5 nitrogen and oxygen atoms in total. The second kappa shape index (κ2) is 5.18. The first-order valence-corrected chi connectivity index (χ1v) is 9.23. The van der Waals surface area contributed by atoms with Gasteiger partial charge in [0, 0.05) is 43.6 Å². The highest BCUT2D eigenvalue weighted by molar-refractivity contribution is 7.99. The number of amides is 1. The van der Waals surface area contributed by atoms with Crippen molar-refractivity contribution in [3.8, 4) is 0 Å². The molecule has 7 heteroatoms. The first-order valence-electron chi connectivity index (χ1n) is 7.26. The molecule has 3 heterocycles. The van der Waals surface area contributed by atoms with E-state index in [-0.39, 0.29) is 5.92 Å². The van der Waals surface area contributed by atoms with Crippen LogP contribution in [-0.2, 0) is 4.79 Å². The summed E-state index contributed by atoms with van der Waals surface area (Å²) in [6, 6.07) is 0. The molecule has 20 heavy (non-hydrogen) atoms. The van der Waals surface area contributed by atoms with Crippen molar-refractivity contribution < 1.29 is 4.79 Å². The summed E-state index contributed by atoms with van der Waals surface area (Å²) >= 11 is 3.65. The van der Waals surface area contributed by atoms with Gasteiger partial charge < -0.3 is 9.80 Å². The third-order valence-corrected chi connectivity index (χ3v) is 6.27. The number of carbonyl (C=O) groups is 1. The first kappa shape index (κ1) is 12.9. The molecule has 3 fully saturated rings. The van der Waals surface area contributed by atoms with Crippen LogP contribution < -0.4 is 4.90 Å². The molecule has 1 aliphatic carbocycles. The largest absolute Gasteiger partial charge is 0.345 e. The number of carbonyl (C=O) groups excluding carboxylic acids is 1. The van der Waals surface area contributed by atoms with Crippen LogP contribution in [0.15, 0.2) is 0 Å². The molecule has 0 radical (unpaired) electrons. The molecule has 108 valence electrons. The molecule has 0 N–H and O–H groups in total. The van der Waals surface area contributed by atoms with Gasteiger partial charge in [-0.25, -0.2) is 0 Å². The fourth-order valence-corrected chi connectivity index (χ4v) is 4.62. The van der Waals surface area contributed by atoms with E-state index < -0.39 is 0 Å². The van der Waals surface area contributed by atoms with Gasteiger partial charge in [0.25, 0.3) is 0 Å². The van der Waals surface area contributed by atoms with E-state index in [2.05, 4.69) is 15.1 Å².